The Morgan fingerprint density at radius 1 is 1.05 bits per heavy atom. The fraction of sp³-hybridized carbons (Fsp3) is 0.412. The summed E-state index contributed by atoms with van der Waals surface area (Å²) in [4.78, 5) is 8.73. The number of anilines is 1. The van der Waals surface area contributed by atoms with Crippen LogP contribution in [0.2, 0.25) is 0 Å². The van der Waals surface area contributed by atoms with E-state index in [-0.39, 0.29) is 0 Å². The Balaban J connectivity index is 1.67. The second-order valence-electron chi connectivity index (χ2n) is 5.46. The van der Waals surface area contributed by atoms with Gasteiger partial charge in [-0.2, -0.15) is 0 Å². The molecule has 0 saturated heterocycles. The van der Waals surface area contributed by atoms with Crippen LogP contribution in [0.15, 0.2) is 30.6 Å². The van der Waals surface area contributed by atoms with Crippen molar-refractivity contribution in [2.75, 3.05) is 12.3 Å². The van der Waals surface area contributed by atoms with E-state index in [0.29, 0.717) is 6.61 Å². The number of rotatable bonds is 4. The van der Waals surface area contributed by atoms with Crippen LogP contribution in [-0.2, 0) is 19.3 Å². The first kappa shape index (κ1) is 13.9. The molecular formula is C17H21N3O. The molecule has 0 atom stereocenters. The maximum Gasteiger partial charge on any atom is 0.219 e. The van der Waals surface area contributed by atoms with E-state index in [0.717, 1.165) is 42.1 Å². The van der Waals surface area contributed by atoms with Crippen LogP contribution in [0.5, 0.6) is 5.88 Å². The quantitative estimate of drug-likeness (QED) is 0.692. The van der Waals surface area contributed by atoms with E-state index in [1.54, 1.807) is 6.33 Å². The average Bonchev–Trinajstić information content (AvgIpc) is 2.75. The number of aryl methyl sites for hydroxylation is 1. The lowest BCUT2D eigenvalue weighted by atomic mass is 10.1. The molecule has 4 nitrogen and oxygen atoms in total. The molecule has 21 heavy (non-hydrogen) atoms. The molecule has 1 aromatic heterocycles. The lowest BCUT2D eigenvalue weighted by Crippen LogP contribution is -2.08. The first-order chi connectivity index (χ1) is 10.3. The number of hydrogen-bond acceptors (Lipinski definition) is 4. The van der Waals surface area contributed by atoms with E-state index in [9.17, 15) is 0 Å². The molecule has 0 saturated carbocycles. The molecule has 1 aliphatic rings. The van der Waals surface area contributed by atoms with Gasteiger partial charge in [0.15, 0.2) is 0 Å². The predicted octanol–water partition coefficient (Wildman–Crippen LogP) is 2.95. The highest BCUT2D eigenvalue weighted by Crippen LogP contribution is 2.25. The lowest BCUT2D eigenvalue weighted by molar-refractivity contribution is 0.304. The molecular weight excluding hydrogens is 262 g/mol. The van der Waals surface area contributed by atoms with Crippen molar-refractivity contribution in [3.8, 4) is 5.88 Å². The van der Waals surface area contributed by atoms with Crippen molar-refractivity contribution < 1.29 is 4.74 Å². The Kier molecular flexibility index (Phi) is 4.34. The molecule has 110 valence electrons. The molecule has 4 heteroatoms. The molecule has 0 spiro atoms. The van der Waals surface area contributed by atoms with Gasteiger partial charge in [-0.25, -0.2) is 9.97 Å². The fourth-order valence-corrected chi connectivity index (χ4v) is 2.81. The van der Waals surface area contributed by atoms with E-state index in [2.05, 4.69) is 9.97 Å². The molecule has 0 bridgehead atoms. The van der Waals surface area contributed by atoms with Gasteiger partial charge in [-0.3, -0.25) is 0 Å². The fourth-order valence-electron chi connectivity index (χ4n) is 2.81. The highest BCUT2D eigenvalue weighted by molar-refractivity contribution is 5.46. The summed E-state index contributed by atoms with van der Waals surface area (Å²) in [5.74, 6) is 0.761. The van der Waals surface area contributed by atoms with E-state index in [1.165, 1.54) is 24.8 Å². The third-order valence-corrected chi connectivity index (χ3v) is 4.00. The summed E-state index contributed by atoms with van der Waals surface area (Å²) in [5.41, 5.74) is 10.3. The van der Waals surface area contributed by atoms with Crippen LogP contribution in [0.25, 0.3) is 0 Å². The highest BCUT2D eigenvalue weighted by atomic mass is 16.5. The van der Waals surface area contributed by atoms with Crippen molar-refractivity contribution in [1.29, 1.82) is 0 Å². The minimum Gasteiger partial charge on any atom is -0.477 e. The molecule has 0 radical (unpaired) electrons. The van der Waals surface area contributed by atoms with E-state index >= 15 is 0 Å². The van der Waals surface area contributed by atoms with Crippen molar-refractivity contribution >= 4 is 5.69 Å². The molecule has 0 amide bonds. The molecule has 1 aliphatic carbocycles. The molecule has 2 N–H and O–H groups in total. The second kappa shape index (κ2) is 6.57. The number of para-hydroxylation sites is 1. The van der Waals surface area contributed by atoms with Gasteiger partial charge < -0.3 is 10.5 Å². The number of hydrogen-bond donors (Lipinski definition) is 1. The molecule has 1 heterocycles. The summed E-state index contributed by atoms with van der Waals surface area (Å²) in [6, 6.07) is 7.91. The molecule has 3 rings (SSSR count). The molecule has 0 aliphatic heterocycles. The summed E-state index contributed by atoms with van der Waals surface area (Å²) in [6.07, 6.45) is 8.16. The largest absolute Gasteiger partial charge is 0.477 e. The smallest absolute Gasteiger partial charge is 0.219 e. The van der Waals surface area contributed by atoms with Crippen LogP contribution in [0.4, 0.5) is 5.69 Å². The van der Waals surface area contributed by atoms with Crippen molar-refractivity contribution in [3.05, 3.63) is 47.4 Å². The summed E-state index contributed by atoms with van der Waals surface area (Å²) < 4.78 is 5.91. The zero-order chi connectivity index (χ0) is 14.5. The number of nitrogens with two attached hydrogens (primary N) is 1. The Morgan fingerprint density at radius 3 is 2.81 bits per heavy atom. The maximum atomic E-state index is 5.95. The third kappa shape index (κ3) is 3.32. The van der Waals surface area contributed by atoms with Gasteiger partial charge in [0.05, 0.1) is 12.3 Å². The van der Waals surface area contributed by atoms with Gasteiger partial charge in [-0.15, -0.1) is 0 Å². The van der Waals surface area contributed by atoms with Gasteiger partial charge in [0.1, 0.15) is 6.33 Å². The Labute approximate surface area is 125 Å². The normalized spacial score (nSPS) is 14.3. The van der Waals surface area contributed by atoms with Gasteiger partial charge in [0, 0.05) is 17.7 Å². The van der Waals surface area contributed by atoms with Gasteiger partial charge in [0.25, 0.3) is 0 Å². The molecule has 2 aromatic rings. The number of aromatic nitrogens is 2. The summed E-state index contributed by atoms with van der Waals surface area (Å²) in [5, 5.41) is 0. The Bertz CT molecular complexity index is 613. The first-order valence-electron chi connectivity index (χ1n) is 7.63. The van der Waals surface area contributed by atoms with E-state index in [1.807, 2.05) is 24.3 Å². The van der Waals surface area contributed by atoms with Crippen LogP contribution < -0.4 is 10.5 Å². The maximum absolute atomic E-state index is 5.95. The molecule has 1 aromatic carbocycles. The topological polar surface area (TPSA) is 61.0 Å². The number of fused-ring (bicyclic) bond motifs is 1. The summed E-state index contributed by atoms with van der Waals surface area (Å²) >= 11 is 0. The number of ether oxygens (including phenoxy) is 1. The van der Waals surface area contributed by atoms with Gasteiger partial charge in [-0.1, -0.05) is 24.6 Å². The monoisotopic (exact) mass is 283 g/mol. The number of nitrogens with zero attached hydrogens (tertiary/aromatic N) is 2. The SMILES string of the molecule is Nc1ccccc1CCOc1ncnc2c1CCCCC2. The van der Waals surface area contributed by atoms with Crippen LogP contribution in [0, 0.1) is 0 Å². The van der Waals surface area contributed by atoms with Crippen molar-refractivity contribution in [2.24, 2.45) is 0 Å². The standard InChI is InChI=1S/C17H21N3O/c18-15-8-5-4-6-13(15)10-11-21-17-14-7-2-1-3-9-16(14)19-12-20-17/h4-6,8,12H,1-3,7,9-11,18H2. The zero-order valence-electron chi connectivity index (χ0n) is 12.2. The lowest BCUT2D eigenvalue weighted by Gasteiger charge is -2.12. The van der Waals surface area contributed by atoms with Crippen molar-refractivity contribution in [3.63, 3.8) is 0 Å². The highest BCUT2D eigenvalue weighted by Gasteiger charge is 2.15. The zero-order valence-corrected chi connectivity index (χ0v) is 12.2. The van der Waals surface area contributed by atoms with Crippen molar-refractivity contribution in [1.82, 2.24) is 9.97 Å². The van der Waals surface area contributed by atoms with Crippen LogP contribution in [-0.4, -0.2) is 16.6 Å². The summed E-state index contributed by atoms with van der Waals surface area (Å²) in [6.45, 7) is 0.595. The van der Waals surface area contributed by atoms with Crippen LogP contribution in [0.3, 0.4) is 0 Å². The van der Waals surface area contributed by atoms with Gasteiger partial charge >= 0.3 is 0 Å². The average molecular weight is 283 g/mol. The minimum absolute atomic E-state index is 0.595. The Morgan fingerprint density at radius 2 is 1.90 bits per heavy atom. The first-order valence-corrected chi connectivity index (χ1v) is 7.63. The van der Waals surface area contributed by atoms with Crippen LogP contribution in [0.1, 0.15) is 36.1 Å². The number of nitrogen functional groups attached to an aromatic ring is 1. The molecule has 0 unspecified atom stereocenters. The number of benzene rings is 1. The third-order valence-electron chi connectivity index (χ3n) is 4.00. The van der Waals surface area contributed by atoms with E-state index < -0.39 is 0 Å². The van der Waals surface area contributed by atoms with Gasteiger partial charge in [-0.05, 0) is 37.3 Å². The van der Waals surface area contributed by atoms with E-state index in [4.69, 9.17) is 10.5 Å². The van der Waals surface area contributed by atoms with Crippen molar-refractivity contribution in [2.45, 2.75) is 38.5 Å². The van der Waals surface area contributed by atoms with Gasteiger partial charge in [0.2, 0.25) is 5.88 Å². The minimum atomic E-state index is 0.595. The predicted molar refractivity (Wildman–Crippen MR) is 83.3 cm³/mol. The Hall–Kier alpha value is -2.10. The second-order valence-corrected chi connectivity index (χ2v) is 5.46. The summed E-state index contributed by atoms with van der Waals surface area (Å²) in [7, 11) is 0. The molecule has 0 fully saturated rings. The van der Waals surface area contributed by atoms with Crippen LogP contribution >= 0.6 is 0 Å².